The van der Waals surface area contributed by atoms with Crippen molar-refractivity contribution in [2.24, 2.45) is 0 Å². The summed E-state index contributed by atoms with van der Waals surface area (Å²) in [6.07, 6.45) is 4.51. The van der Waals surface area contributed by atoms with Crippen LogP contribution in [-0.2, 0) is 16.4 Å². The summed E-state index contributed by atoms with van der Waals surface area (Å²) in [5.41, 5.74) is 0.588. The Bertz CT molecular complexity index is 863. The molecule has 0 amide bonds. The molecule has 146 valence electrons. The summed E-state index contributed by atoms with van der Waals surface area (Å²) in [5, 5.41) is 3.31. The number of nitrogens with zero attached hydrogens (tertiary/aromatic N) is 2. The predicted octanol–water partition coefficient (Wildman–Crippen LogP) is 2.32. The lowest BCUT2D eigenvalue weighted by atomic mass is 9.96. The molecule has 0 saturated carbocycles. The maximum Gasteiger partial charge on any atom is 0.178 e. The van der Waals surface area contributed by atoms with Gasteiger partial charge in [0.05, 0.1) is 12.3 Å². The van der Waals surface area contributed by atoms with Gasteiger partial charge >= 0.3 is 0 Å². The van der Waals surface area contributed by atoms with Crippen LogP contribution in [0.5, 0.6) is 11.5 Å². The van der Waals surface area contributed by atoms with Crippen molar-refractivity contribution in [3.05, 3.63) is 42.0 Å². The van der Waals surface area contributed by atoms with Crippen molar-refractivity contribution in [1.82, 2.24) is 15.3 Å². The highest BCUT2D eigenvalue weighted by Gasteiger charge is 2.25. The third-order valence-corrected chi connectivity index (χ3v) is 5.53. The van der Waals surface area contributed by atoms with E-state index >= 15 is 0 Å². The Kier molecular flexibility index (Phi) is 6.28. The maximum atomic E-state index is 12.1. The summed E-state index contributed by atoms with van der Waals surface area (Å²) in [7, 11) is -3.38. The van der Waals surface area contributed by atoms with E-state index in [2.05, 4.69) is 15.3 Å². The van der Waals surface area contributed by atoms with Gasteiger partial charge in [-0.15, -0.1) is 0 Å². The second kappa shape index (κ2) is 8.67. The lowest BCUT2D eigenvalue weighted by molar-refractivity contribution is 0.292. The molecule has 0 aliphatic carbocycles. The van der Waals surface area contributed by atoms with Crippen molar-refractivity contribution in [2.45, 2.75) is 37.2 Å². The van der Waals surface area contributed by atoms with Crippen molar-refractivity contribution in [3.8, 4) is 11.5 Å². The molecule has 1 aromatic heterocycles. The normalized spacial score (nSPS) is 17.5. The Hall–Kier alpha value is -2.19. The summed E-state index contributed by atoms with van der Waals surface area (Å²) in [5.74, 6) is 1.99. The second-order valence-corrected chi connectivity index (χ2v) is 8.53. The molecular formula is C19H25N3O4S. The average molecular weight is 391 g/mol. The third-order valence-electron chi connectivity index (χ3n) is 4.42. The highest BCUT2D eigenvalue weighted by molar-refractivity contribution is 7.90. The molecule has 2 heterocycles. The van der Waals surface area contributed by atoms with Crippen LogP contribution < -0.4 is 14.8 Å². The van der Waals surface area contributed by atoms with Gasteiger partial charge in [-0.1, -0.05) is 0 Å². The van der Waals surface area contributed by atoms with Crippen molar-refractivity contribution in [2.75, 3.05) is 26.0 Å². The number of benzene rings is 1. The fourth-order valence-corrected chi connectivity index (χ4v) is 3.94. The molecule has 1 N–H and O–H groups in total. The molecule has 8 heteroatoms. The van der Waals surface area contributed by atoms with Gasteiger partial charge in [0.25, 0.3) is 0 Å². The highest BCUT2D eigenvalue weighted by Crippen LogP contribution is 2.27. The SMILES string of the molecule is CCOc1ccc(OCc2ncc(S(C)(=O)=O)c(C3CCCNC3)n2)cc1. The van der Waals surface area contributed by atoms with Crippen LogP contribution in [0.3, 0.4) is 0 Å². The number of nitrogens with one attached hydrogen (secondary N) is 1. The van der Waals surface area contributed by atoms with Gasteiger partial charge < -0.3 is 14.8 Å². The van der Waals surface area contributed by atoms with Gasteiger partial charge in [-0.3, -0.25) is 0 Å². The van der Waals surface area contributed by atoms with Gasteiger partial charge in [0.15, 0.2) is 15.7 Å². The molecule has 2 aromatic rings. The molecule has 1 unspecified atom stereocenters. The summed E-state index contributed by atoms with van der Waals surface area (Å²) in [6.45, 7) is 4.38. The number of piperidine rings is 1. The first kappa shape index (κ1) is 19.6. The summed E-state index contributed by atoms with van der Waals surface area (Å²) in [6, 6.07) is 7.32. The van der Waals surface area contributed by atoms with Gasteiger partial charge in [0, 0.05) is 24.9 Å². The molecule has 3 rings (SSSR count). The standard InChI is InChI=1S/C19H25N3O4S/c1-3-25-15-6-8-16(9-7-15)26-13-18-21-12-17(27(2,23)24)19(22-18)14-5-4-10-20-11-14/h6-9,12,14,20H,3-5,10-11,13H2,1-2H3. The molecule has 1 aliphatic rings. The molecule has 1 aromatic carbocycles. The molecule has 1 aliphatic heterocycles. The van der Waals surface area contributed by atoms with E-state index in [9.17, 15) is 8.42 Å². The number of hydrogen-bond donors (Lipinski definition) is 1. The number of sulfone groups is 1. The minimum absolute atomic E-state index is 0.0655. The number of ether oxygens (including phenoxy) is 2. The van der Waals surface area contributed by atoms with E-state index in [0.29, 0.717) is 23.9 Å². The van der Waals surface area contributed by atoms with Gasteiger partial charge in [0.1, 0.15) is 23.0 Å². The van der Waals surface area contributed by atoms with E-state index in [4.69, 9.17) is 9.47 Å². The molecule has 1 atom stereocenters. The first-order chi connectivity index (χ1) is 13.0. The Morgan fingerprint density at radius 3 is 2.48 bits per heavy atom. The van der Waals surface area contributed by atoms with Gasteiger partial charge in [-0.2, -0.15) is 0 Å². The first-order valence-electron chi connectivity index (χ1n) is 9.09. The fraction of sp³-hybridized carbons (Fsp3) is 0.474. The Morgan fingerprint density at radius 2 is 1.89 bits per heavy atom. The second-order valence-electron chi connectivity index (χ2n) is 6.54. The van der Waals surface area contributed by atoms with Crippen molar-refractivity contribution in [3.63, 3.8) is 0 Å². The van der Waals surface area contributed by atoms with E-state index in [0.717, 1.165) is 31.7 Å². The van der Waals surface area contributed by atoms with Crippen LogP contribution in [0.4, 0.5) is 0 Å². The van der Waals surface area contributed by atoms with Crippen LogP contribution in [0.25, 0.3) is 0 Å². The van der Waals surface area contributed by atoms with Crippen LogP contribution in [0.2, 0.25) is 0 Å². The molecule has 0 spiro atoms. The molecule has 0 bridgehead atoms. The lowest BCUT2D eigenvalue weighted by Gasteiger charge is -2.24. The molecule has 7 nitrogen and oxygen atoms in total. The smallest absolute Gasteiger partial charge is 0.178 e. The molecule has 27 heavy (non-hydrogen) atoms. The van der Waals surface area contributed by atoms with Crippen LogP contribution >= 0.6 is 0 Å². The lowest BCUT2D eigenvalue weighted by Crippen LogP contribution is -2.30. The van der Waals surface area contributed by atoms with Crippen LogP contribution in [0.15, 0.2) is 35.4 Å². The maximum absolute atomic E-state index is 12.1. The van der Waals surface area contributed by atoms with E-state index in [-0.39, 0.29) is 17.4 Å². The predicted molar refractivity (Wildman–Crippen MR) is 102 cm³/mol. The quantitative estimate of drug-likeness (QED) is 0.774. The van der Waals surface area contributed by atoms with Gasteiger partial charge in [-0.05, 0) is 50.6 Å². The van der Waals surface area contributed by atoms with Crippen molar-refractivity contribution >= 4 is 9.84 Å². The Balaban J connectivity index is 1.77. The van der Waals surface area contributed by atoms with Crippen LogP contribution in [0.1, 0.15) is 37.2 Å². The first-order valence-corrected chi connectivity index (χ1v) is 11.0. The Morgan fingerprint density at radius 1 is 1.19 bits per heavy atom. The van der Waals surface area contributed by atoms with E-state index < -0.39 is 9.84 Å². The van der Waals surface area contributed by atoms with Gasteiger partial charge in [-0.25, -0.2) is 18.4 Å². The zero-order valence-electron chi connectivity index (χ0n) is 15.6. The highest BCUT2D eigenvalue weighted by atomic mass is 32.2. The monoisotopic (exact) mass is 391 g/mol. The molecule has 1 saturated heterocycles. The number of rotatable bonds is 7. The number of aromatic nitrogens is 2. The van der Waals surface area contributed by atoms with Crippen LogP contribution in [-0.4, -0.2) is 44.3 Å². The Labute approximate surface area is 160 Å². The molecular weight excluding hydrogens is 366 g/mol. The largest absolute Gasteiger partial charge is 0.494 e. The van der Waals surface area contributed by atoms with Crippen LogP contribution in [0, 0.1) is 0 Å². The average Bonchev–Trinajstić information content (AvgIpc) is 2.67. The minimum atomic E-state index is -3.38. The zero-order valence-corrected chi connectivity index (χ0v) is 16.5. The zero-order chi connectivity index (χ0) is 19.3. The summed E-state index contributed by atoms with van der Waals surface area (Å²) < 4.78 is 35.4. The topological polar surface area (TPSA) is 90.4 Å². The third kappa shape index (κ3) is 5.17. The van der Waals surface area contributed by atoms with E-state index in [1.54, 1.807) is 0 Å². The van der Waals surface area contributed by atoms with Gasteiger partial charge in [0.2, 0.25) is 0 Å². The fourth-order valence-electron chi connectivity index (χ4n) is 3.10. The number of hydrogen-bond acceptors (Lipinski definition) is 7. The summed E-state index contributed by atoms with van der Waals surface area (Å²) >= 11 is 0. The molecule has 0 radical (unpaired) electrons. The summed E-state index contributed by atoms with van der Waals surface area (Å²) in [4.78, 5) is 8.96. The van der Waals surface area contributed by atoms with E-state index in [1.807, 2.05) is 31.2 Å². The minimum Gasteiger partial charge on any atom is -0.494 e. The van der Waals surface area contributed by atoms with Crippen molar-refractivity contribution < 1.29 is 17.9 Å². The molecule has 1 fully saturated rings. The van der Waals surface area contributed by atoms with E-state index in [1.165, 1.54) is 12.5 Å². The van der Waals surface area contributed by atoms with Crippen molar-refractivity contribution in [1.29, 1.82) is 0 Å².